The first-order valence-corrected chi connectivity index (χ1v) is 25.2. The van der Waals surface area contributed by atoms with E-state index in [0.29, 0.717) is 76.3 Å². The van der Waals surface area contributed by atoms with Gasteiger partial charge in [0.15, 0.2) is 6.61 Å². The molecule has 0 aliphatic carbocycles. The van der Waals surface area contributed by atoms with E-state index < -0.39 is 59.9 Å². The van der Waals surface area contributed by atoms with Crippen molar-refractivity contribution in [2.24, 2.45) is 5.73 Å². The van der Waals surface area contributed by atoms with Crippen molar-refractivity contribution in [2.75, 3.05) is 30.3 Å². The number of rotatable bonds is 21. The number of piperidine rings is 1. The number of anilines is 2. The van der Waals surface area contributed by atoms with Crippen LogP contribution < -0.4 is 37.1 Å². The van der Waals surface area contributed by atoms with Gasteiger partial charge in [-0.25, -0.2) is 9.97 Å². The number of nitrogens with two attached hydrogens (primary N) is 1. The number of aromatic nitrogens is 8. The van der Waals surface area contributed by atoms with E-state index in [0.717, 1.165) is 4.90 Å². The Bertz CT molecular complexity index is 3640. The molecule has 25 heteroatoms. The van der Waals surface area contributed by atoms with Crippen molar-refractivity contribution < 1.29 is 47.9 Å². The summed E-state index contributed by atoms with van der Waals surface area (Å²) < 4.78 is 12.4. The van der Waals surface area contributed by atoms with E-state index >= 15 is 0 Å². The van der Waals surface area contributed by atoms with Crippen molar-refractivity contribution >= 4 is 87.1 Å². The van der Waals surface area contributed by atoms with Crippen molar-refractivity contribution in [3.63, 3.8) is 0 Å². The molecule has 25 nitrogen and oxygen atoms in total. The van der Waals surface area contributed by atoms with Gasteiger partial charge >= 0.3 is 0 Å². The summed E-state index contributed by atoms with van der Waals surface area (Å²) in [6.45, 7) is 8.77. The molecule has 78 heavy (non-hydrogen) atoms. The van der Waals surface area contributed by atoms with Crippen molar-refractivity contribution in [3.05, 3.63) is 124 Å². The number of fused-ring (bicyclic) bond motifs is 3. The minimum atomic E-state index is -1.15. The number of nitrogens with one attached hydrogen (secondary N) is 5. The van der Waals surface area contributed by atoms with Crippen molar-refractivity contribution in [1.82, 2.24) is 59.5 Å². The zero-order valence-corrected chi connectivity index (χ0v) is 43.0. The first-order chi connectivity index (χ1) is 37.5. The predicted octanol–water partition coefficient (Wildman–Crippen LogP) is 3.40. The minimum Gasteiger partial charge on any atom is -0.483 e. The van der Waals surface area contributed by atoms with E-state index in [1.807, 2.05) is 26.0 Å². The van der Waals surface area contributed by atoms with E-state index in [9.17, 15) is 43.2 Å². The van der Waals surface area contributed by atoms with E-state index in [2.05, 4.69) is 41.8 Å². The highest BCUT2D eigenvalue weighted by molar-refractivity contribution is 6.24. The lowest BCUT2D eigenvalue weighted by Crippen LogP contribution is -2.54. The Kier molecular flexibility index (Phi) is 15.3. The number of carbonyl (C=O) groups is 9. The molecule has 7 aromatic rings. The van der Waals surface area contributed by atoms with Crippen LogP contribution in [0.2, 0.25) is 0 Å². The standard InChI is InChI=1S/C53H55N15O10/c1-5-66-39(24-29(3)62-66)48(74)60-52-57-34-26-31(45(54)71)14-16-36(34)64(52)22-9-10-23-65-37-17-15-32(27-35(37)58-53(65)61-49(75)40-25-30(4)63-67(40)6-2)46(72)56-21-8-7-20-55-43(70)28-78-41-13-11-12-33-44(41)51(77)68(50(33)76)38-18-19-42(69)59-47(38)73/h9-17,24-27,38H,5-8,18-23,28H2,1-4H3,(H2,54,71)(H,55,70)(H,56,72)(H,57,60,74)(H,58,61,75)(H,59,69,73)/b10-9+. The third-order valence-corrected chi connectivity index (χ3v) is 13.1. The lowest BCUT2D eigenvalue weighted by molar-refractivity contribution is -0.136. The molecule has 2 aliphatic rings. The van der Waals surface area contributed by atoms with Gasteiger partial charge in [-0.05, 0) is 108 Å². The Morgan fingerprint density at radius 3 is 1.85 bits per heavy atom. The fraction of sp³-hybridized carbons (Fsp3) is 0.302. The van der Waals surface area contributed by atoms with Crippen molar-refractivity contribution in [2.45, 2.75) is 85.6 Å². The molecule has 3 aromatic carbocycles. The second-order valence-corrected chi connectivity index (χ2v) is 18.4. The number of imide groups is 2. The lowest BCUT2D eigenvalue weighted by Gasteiger charge is -2.27. The average molecular weight is 1060 g/mol. The van der Waals surface area contributed by atoms with E-state index in [4.69, 9.17) is 15.5 Å². The van der Waals surface area contributed by atoms with Gasteiger partial charge in [-0.1, -0.05) is 18.2 Å². The van der Waals surface area contributed by atoms with Gasteiger partial charge in [0, 0.05) is 56.8 Å². The molecule has 1 fully saturated rings. The predicted molar refractivity (Wildman–Crippen MR) is 281 cm³/mol. The van der Waals surface area contributed by atoms with Crippen LogP contribution in [0.5, 0.6) is 5.75 Å². The maximum absolute atomic E-state index is 13.8. The number of allylic oxidation sites excluding steroid dienone is 2. The van der Waals surface area contributed by atoms with Crippen LogP contribution in [-0.2, 0) is 40.6 Å². The molecule has 0 saturated carbocycles. The molecule has 1 unspecified atom stereocenters. The molecule has 0 bridgehead atoms. The van der Waals surface area contributed by atoms with Gasteiger partial charge in [0.25, 0.3) is 35.4 Å². The largest absolute Gasteiger partial charge is 0.483 e. The summed E-state index contributed by atoms with van der Waals surface area (Å²) in [5.41, 5.74) is 10.2. The molecular weight excluding hydrogens is 1010 g/mol. The molecule has 1 saturated heterocycles. The minimum absolute atomic E-state index is 0.00135. The number of aryl methyl sites for hydroxylation is 4. The first kappa shape index (κ1) is 53.0. The van der Waals surface area contributed by atoms with Gasteiger partial charge in [-0.2, -0.15) is 10.2 Å². The van der Waals surface area contributed by atoms with Gasteiger partial charge in [-0.15, -0.1) is 0 Å². The number of hydrogen-bond donors (Lipinski definition) is 6. The second-order valence-electron chi connectivity index (χ2n) is 18.4. The molecule has 0 spiro atoms. The molecule has 7 N–H and O–H groups in total. The molecule has 2 aliphatic heterocycles. The summed E-state index contributed by atoms with van der Waals surface area (Å²) in [7, 11) is 0. The molecule has 402 valence electrons. The summed E-state index contributed by atoms with van der Waals surface area (Å²) in [5.74, 6) is -4.58. The van der Waals surface area contributed by atoms with Crippen LogP contribution in [0, 0.1) is 13.8 Å². The van der Waals surface area contributed by atoms with Crippen LogP contribution in [0.3, 0.4) is 0 Å². The van der Waals surface area contributed by atoms with Crippen LogP contribution >= 0.6 is 0 Å². The Balaban J connectivity index is 0.831. The van der Waals surface area contributed by atoms with Gasteiger partial charge in [0.1, 0.15) is 23.2 Å². The van der Waals surface area contributed by atoms with Crippen molar-refractivity contribution in [3.8, 4) is 5.75 Å². The average Bonchev–Trinajstić information content (AvgIpc) is 4.33. The quantitative estimate of drug-likeness (QED) is 0.0342. The zero-order valence-electron chi connectivity index (χ0n) is 43.0. The number of ether oxygens (including phenoxy) is 1. The Hall–Kier alpha value is -9.81. The van der Waals surface area contributed by atoms with E-state index in [1.165, 1.54) is 18.2 Å². The van der Waals surface area contributed by atoms with Gasteiger partial charge in [0.2, 0.25) is 29.6 Å². The SMILES string of the molecule is CCn1nc(C)cc1C(=O)Nc1nc2cc(C(N)=O)ccc2n1C/C=C/Cn1c(NC(=O)c2cc(C)nn2CC)nc2cc(C(=O)NCCCCNC(=O)COc3cccc4c3C(=O)N(C3CCC(=O)NC3=O)C4=O)ccc21. The molecule has 6 heterocycles. The Morgan fingerprint density at radius 1 is 0.718 bits per heavy atom. The number of unbranched alkanes of at least 4 members (excludes halogenated alkanes) is 1. The van der Waals surface area contributed by atoms with Gasteiger partial charge in [-0.3, -0.25) is 73.4 Å². The maximum Gasteiger partial charge on any atom is 0.276 e. The smallest absolute Gasteiger partial charge is 0.276 e. The number of amides is 9. The monoisotopic (exact) mass is 1060 g/mol. The normalized spacial score (nSPS) is 14.3. The molecule has 1 atom stereocenters. The molecule has 9 rings (SSSR count). The number of carbonyl (C=O) groups excluding carboxylic acids is 9. The summed E-state index contributed by atoms with van der Waals surface area (Å²) in [6.07, 6.45) is 4.68. The highest BCUT2D eigenvalue weighted by Gasteiger charge is 2.46. The molecular formula is C53H55N15O10. The topological polar surface area (TPSA) is 324 Å². The van der Waals surface area contributed by atoms with Crippen LogP contribution in [-0.4, -0.2) is 122 Å². The number of nitrogens with zero attached hydrogens (tertiary/aromatic N) is 9. The fourth-order valence-corrected chi connectivity index (χ4v) is 9.32. The zero-order chi connectivity index (χ0) is 55.4. The van der Waals surface area contributed by atoms with Crippen LogP contribution in [0.15, 0.2) is 78.9 Å². The molecule has 0 radical (unpaired) electrons. The summed E-state index contributed by atoms with van der Waals surface area (Å²) in [6, 6.07) is 16.5. The highest BCUT2D eigenvalue weighted by Crippen LogP contribution is 2.34. The second kappa shape index (κ2) is 22.6. The Labute approximate surface area is 444 Å². The first-order valence-electron chi connectivity index (χ1n) is 25.2. The third-order valence-electron chi connectivity index (χ3n) is 13.1. The van der Waals surface area contributed by atoms with Gasteiger partial charge < -0.3 is 30.2 Å². The third kappa shape index (κ3) is 11.0. The molecule has 9 amide bonds. The Morgan fingerprint density at radius 2 is 1.28 bits per heavy atom. The lowest BCUT2D eigenvalue weighted by atomic mass is 10.0. The number of benzene rings is 3. The van der Waals surface area contributed by atoms with Crippen molar-refractivity contribution in [1.29, 1.82) is 0 Å². The highest BCUT2D eigenvalue weighted by atomic mass is 16.5. The van der Waals surface area contributed by atoms with E-state index in [1.54, 1.807) is 80.9 Å². The van der Waals surface area contributed by atoms with Crippen LogP contribution in [0.1, 0.15) is 113 Å². The number of hydrogen-bond acceptors (Lipinski definition) is 14. The van der Waals surface area contributed by atoms with Gasteiger partial charge in [0.05, 0.1) is 44.6 Å². The van der Waals surface area contributed by atoms with Crippen LogP contribution in [0.25, 0.3) is 22.1 Å². The van der Waals surface area contributed by atoms with E-state index in [-0.39, 0.29) is 79.3 Å². The fourth-order valence-electron chi connectivity index (χ4n) is 9.32. The van der Waals surface area contributed by atoms with Crippen LogP contribution in [0.4, 0.5) is 11.9 Å². The molecule has 4 aromatic heterocycles. The number of imidazole rings is 2. The number of primary amides is 1. The summed E-state index contributed by atoms with van der Waals surface area (Å²) in [4.78, 5) is 126. The maximum atomic E-state index is 13.8. The summed E-state index contributed by atoms with van der Waals surface area (Å²) in [5, 5.41) is 22.4. The summed E-state index contributed by atoms with van der Waals surface area (Å²) >= 11 is 0.